The van der Waals surface area contributed by atoms with E-state index in [1.54, 1.807) is 17.0 Å². The van der Waals surface area contributed by atoms with Crippen LogP contribution in [0.1, 0.15) is 12.8 Å². The van der Waals surface area contributed by atoms with Crippen LogP contribution in [0, 0.1) is 0 Å². The molecule has 0 radical (unpaired) electrons. The highest BCUT2D eigenvalue weighted by Crippen LogP contribution is 2.33. The zero-order chi connectivity index (χ0) is 14.0. The molecule has 19 heavy (non-hydrogen) atoms. The lowest BCUT2D eigenvalue weighted by Crippen LogP contribution is -2.32. The largest absolute Gasteiger partial charge is 0.478 e. The molecule has 6 nitrogen and oxygen atoms in total. The minimum atomic E-state index is -1.73. The van der Waals surface area contributed by atoms with Crippen LogP contribution in [-0.2, 0) is 4.79 Å². The zero-order valence-corrected chi connectivity index (χ0v) is 10.8. The standard InChI is InChI=1S/C12H15ClN2O4/c13-7-3-4-9(15-5-1-2-10(15)16)8(6-7)14-11(17)12(18)19/h3-4,6,10-11,14,16-17H,1-2,5H2,(H,18,19). The maximum atomic E-state index is 10.7. The molecule has 0 aromatic heterocycles. The van der Waals surface area contributed by atoms with E-state index >= 15 is 0 Å². The van der Waals surface area contributed by atoms with Crippen molar-refractivity contribution in [3.63, 3.8) is 0 Å². The molecule has 7 heteroatoms. The molecule has 1 saturated heterocycles. The highest BCUT2D eigenvalue weighted by Gasteiger charge is 2.25. The fraction of sp³-hybridized carbons (Fsp3) is 0.417. The molecule has 0 bridgehead atoms. The third-order valence-corrected chi connectivity index (χ3v) is 3.25. The van der Waals surface area contributed by atoms with Gasteiger partial charge in [-0.15, -0.1) is 0 Å². The number of carbonyl (C=O) groups is 1. The number of carboxylic acids is 1. The van der Waals surface area contributed by atoms with Crippen LogP contribution in [0.4, 0.5) is 11.4 Å². The van der Waals surface area contributed by atoms with Gasteiger partial charge in [0.15, 0.2) is 0 Å². The van der Waals surface area contributed by atoms with E-state index in [9.17, 15) is 15.0 Å². The second-order valence-corrected chi connectivity index (χ2v) is 4.80. The first-order valence-electron chi connectivity index (χ1n) is 5.90. The number of hydrogen-bond acceptors (Lipinski definition) is 5. The van der Waals surface area contributed by atoms with Crippen LogP contribution < -0.4 is 10.2 Å². The summed E-state index contributed by atoms with van der Waals surface area (Å²) in [7, 11) is 0. The van der Waals surface area contributed by atoms with Crippen molar-refractivity contribution >= 4 is 28.9 Å². The lowest BCUT2D eigenvalue weighted by atomic mass is 10.2. The summed E-state index contributed by atoms with van der Waals surface area (Å²) in [6.45, 7) is 0.667. The fourth-order valence-corrected chi connectivity index (χ4v) is 2.29. The molecule has 2 atom stereocenters. The molecular formula is C12H15ClN2O4. The van der Waals surface area contributed by atoms with Crippen LogP contribution >= 0.6 is 11.6 Å². The molecule has 0 saturated carbocycles. The molecule has 1 heterocycles. The molecule has 104 valence electrons. The lowest BCUT2D eigenvalue weighted by molar-refractivity contribution is -0.145. The van der Waals surface area contributed by atoms with Gasteiger partial charge in [-0.2, -0.15) is 0 Å². The number of nitrogens with zero attached hydrogens (tertiary/aromatic N) is 1. The summed E-state index contributed by atoms with van der Waals surface area (Å²) in [4.78, 5) is 12.4. The number of halogens is 1. The molecule has 1 fully saturated rings. The number of hydrogen-bond donors (Lipinski definition) is 4. The quantitative estimate of drug-likeness (QED) is 0.619. The number of aliphatic hydroxyl groups is 2. The number of carboxylic acid groups (broad SMARTS) is 1. The van der Waals surface area contributed by atoms with Gasteiger partial charge in [-0.3, -0.25) is 0 Å². The van der Waals surface area contributed by atoms with Crippen molar-refractivity contribution in [3.8, 4) is 0 Å². The monoisotopic (exact) mass is 286 g/mol. The Morgan fingerprint density at radius 1 is 1.53 bits per heavy atom. The van der Waals surface area contributed by atoms with Gasteiger partial charge in [0.05, 0.1) is 11.4 Å². The SMILES string of the molecule is O=C(O)C(O)Nc1cc(Cl)ccc1N1CCCC1O. The van der Waals surface area contributed by atoms with Crippen LogP contribution in [0.2, 0.25) is 5.02 Å². The van der Waals surface area contributed by atoms with Crippen molar-refractivity contribution in [1.29, 1.82) is 0 Å². The van der Waals surface area contributed by atoms with E-state index in [1.807, 2.05) is 0 Å². The third kappa shape index (κ3) is 3.09. The highest BCUT2D eigenvalue weighted by molar-refractivity contribution is 6.31. The summed E-state index contributed by atoms with van der Waals surface area (Å²) in [6.07, 6.45) is -0.825. The van der Waals surface area contributed by atoms with Crippen molar-refractivity contribution in [2.45, 2.75) is 25.3 Å². The second-order valence-electron chi connectivity index (χ2n) is 4.36. The molecule has 1 aromatic carbocycles. The fourth-order valence-electron chi connectivity index (χ4n) is 2.11. The van der Waals surface area contributed by atoms with Crippen molar-refractivity contribution in [3.05, 3.63) is 23.2 Å². The van der Waals surface area contributed by atoms with Crippen LogP contribution in [0.3, 0.4) is 0 Å². The Morgan fingerprint density at radius 2 is 2.26 bits per heavy atom. The Kier molecular flexibility index (Phi) is 4.14. The summed E-state index contributed by atoms with van der Waals surface area (Å²) >= 11 is 5.87. The first-order chi connectivity index (χ1) is 8.99. The van der Waals surface area contributed by atoms with Gasteiger partial charge >= 0.3 is 5.97 Å². The van der Waals surface area contributed by atoms with E-state index in [2.05, 4.69) is 5.32 Å². The molecule has 0 aliphatic carbocycles. The molecule has 2 rings (SSSR count). The number of benzene rings is 1. The van der Waals surface area contributed by atoms with Crippen molar-refractivity contribution < 1.29 is 20.1 Å². The minimum absolute atomic E-state index is 0.378. The first kappa shape index (κ1) is 13.9. The summed E-state index contributed by atoms with van der Waals surface area (Å²) in [6, 6.07) is 4.86. The smallest absolute Gasteiger partial charge is 0.353 e. The van der Waals surface area contributed by atoms with E-state index < -0.39 is 18.4 Å². The minimum Gasteiger partial charge on any atom is -0.478 e. The third-order valence-electron chi connectivity index (χ3n) is 3.02. The molecule has 0 spiro atoms. The maximum Gasteiger partial charge on any atom is 0.353 e. The van der Waals surface area contributed by atoms with Crippen molar-refractivity contribution in [2.75, 3.05) is 16.8 Å². The van der Waals surface area contributed by atoms with Gasteiger partial charge in [0.2, 0.25) is 6.23 Å². The number of anilines is 2. The molecule has 1 aliphatic rings. The number of aliphatic carboxylic acids is 1. The maximum absolute atomic E-state index is 10.7. The van der Waals surface area contributed by atoms with Gasteiger partial charge < -0.3 is 25.5 Å². The number of aliphatic hydroxyl groups excluding tert-OH is 2. The van der Waals surface area contributed by atoms with E-state index in [0.717, 1.165) is 6.42 Å². The topological polar surface area (TPSA) is 93.0 Å². The van der Waals surface area contributed by atoms with Crippen LogP contribution in [0.25, 0.3) is 0 Å². The molecule has 1 aromatic rings. The van der Waals surface area contributed by atoms with Crippen molar-refractivity contribution in [1.82, 2.24) is 0 Å². The molecule has 0 amide bonds. The predicted molar refractivity (Wildman–Crippen MR) is 71.3 cm³/mol. The summed E-state index contributed by atoms with van der Waals surface area (Å²) in [5.41, 5.74) is 0.998. The van der Waals surface area contributed by atoms with E-state index in [0.29, 0.717) is 29.4 Å². The molecule has 2 unspecified atom stereocenters. The Morgan fingerprint density at radius 3 is 2.84 bits per heavy atom. The first-order valence-corrected chi connectivity index (χ1v) is 6.28. The van der Waals surface area contributed by atoms with Gasteiger partial charge in [-0.1, -0.05) is 11.6 Å². The summed E-state index contributed by atoms with van der Waals surface area (Å²) in [5.74, 6) is -1.38. The molecule has 4 N–H and O–H groups in total. The average molecular weight is 287 g/mol. The van der Waals surface area contributed by atoms with Crippen LogP contribution in [0.5, 0.6) is 0 Å². The predicted octanol–water partition coefficient (Wildman–Crippen LogP) is 1.07. The van der Waals surface area contributed by atoms with Gasteiger partial charge in [0.25, 0.3) is 0 Å². The van der Waals surface area contributed by atoms with E-state index in [1.165, 1.54) is 6.07 Å². The van der Waals surface area contributed by atoms with Gasteiger partial charge in [-0.25, -0.2) is 4.79 Å². The van der Waals surface area contributed by atoms with E-state index in [4.69, 9.17) is 16.7 Å². The Balaban J connectivity index is 2.29. The molecular weight excluding hydrogens is 272 g/mol. The lowest BCUT2D eigenvalue weighted by Gasteiger charge is -2.26. The normalized spacial score (nSPS) is 20.4. The summed E-state index contributed by atoms with van der Waals surface area (Å²) in [5, 5.41) is 30.8. The number of nitrogens with one attached hydrogen (secondary N) is 1. The van der Waals surface area contributed by atoms with Gasteiger partial charge in [0.1, 0.15) is 6.23 Å². The Bertz CT molecular complexity index is 483. The zero-order valence-electron chi connectivity index (χ0n) is 10.1. The van der Waals surface area contributed by atoms with E-state index in [-0.39, 0.29) is 0 Å². The average Bonchev–Trinajstić information content (AvgIpc) is 2.75. The van der Waals surface area contributed by atoms with Crippen molar-refractivity contribution in [2.24, 2.45) is 0 Å². The Labute approximate surface area is 115 Å². The number of rotatable bonds is 4. The Hall–Kier alpha value is -1.50. The molecule has 1 aliphatic heterocycles. The van der Waals surface area contributed by atoms with Gasteiger partial charge in [0, 0.05) is 11.6 Å². The van der Waals surface area contributed by atoms with Crippen LogP contribution in [-0.4, -0.2) is 40.3 Å². The summed E-state index contributed by atoms with van der Waals surface area (Å²) < 4.78 is 0. The van der Waals surface area contributed by atoms with Crippen LogP contribution in [0.15, 0.2) is 18.2 Å². The second kappa shape index (κ2) is 5.64. The highest BCUT2D eigenvalue weighted by atomic mass is 35.5. The van der Waals surface area contributed by atoms with Gasteiger partial charge in [-0.05, 0) is 31.0 Å².